The highest BCUT2D eigenvalue weighted by molar-refractivity contribution is 5.29. The Bertz CT molecular complexity index is 587. The van der Waals surface area contributed by atoms with Gasteiger partial charge in [0.1, 0.15) is 0 Å². The van der Waals surface area contributed by atoms with Crippen LogP contribution >= 0.6 is 0 Å². The molecule has 3 saturated carbocycles. The lowest BCUT2D eigenvalue weighted by Gasteiger charge is -2.61. The molecule has 0 amide bonds. The second kappa shape index (κ2) is 6.32. The highest BCUT2D eigenvalue weighted by atomic mass is 16.3. The van der Waals surface area contributed by atoms with Crippen molar-refractivity contribution in [1.82, 2.24) is 4.90 Å². The van der Waals surface area contributed by atoms with E-state index in [2.05, 4.69) is 45.8 Å². The highest BCUT2D eigenvalue weighted by Crippen LogP contribution is 2.66. The van der Waals surface area contributed by atoms with E-state index in [0.29, 0.717) is 17.4 Å². The molecule has 2 N–H and O–H groups in total. The summed E-state index contributed by atoms with van der Waals surface area (Å²) in [6.45, 7) is 7.35. The number of nitrogens with zero attached hydrogens (tertiary/aromatic N) is 1. The molecule has 3 fully saturated rings. The standard InChI is InChI=1S/C23H39NO2/c1-14(24(4)5)16-8-9-17-15-6-7-19-21(26)20(25)11-13-23(19,3)18(15)10-12-22(16,17)2/h8,14-15,17-21,25-26H,6-7,9-13H2,1-5H3. The zero-order chi connectivity index (χ0) is 18.9. The average molecular weight is 362 g/mol. The van der Waals surface area contributed by atoms with Crippen LogP contribution in [0.25, 0.3) is 0 Å². The molecule has 0 heterocycles. The Morgan fingerprint density at radius 2 is 1.73 bits per heavy atom. The van der Waals surface area contributed by atoms with Gasteiger partial charge in [0, 0.05) is 6.04 Å². The first-order chi connectivity index (χ1) is 12.2. The van der Waals surface area contributed by atoms with Gasteiger partial charge in [0.25, 0.3) is 0 Å². The molecule has 0 aliphatic heterocycles. The van der Waals surface area contributed by atoms with Gasteiger partial charge in [-0.2, -0.15) is 0 Å². The summed E-state index contributed by atoms with van der Waals surface area (Å²) in [6.07, 6.45) is 9.62. The highest BCUT2D eigenvalue weighted by Gasteiger charge is 2.60. The third-order valence-corrected chi connectivity index (χ3v) is 9.59. The van der Waals surface area contributed by atoms with Crippen molar-refractivity contribution in [1.29, 1.82) is 0 Å². The van der Waals surface area contributed by atoms with Crippen LogP contribution in [0.3, 0.4) is 0 Å². The number of hydrogen-bond donors (Lipinski definition) is 2. The number of aliphatic hydroxyl groups excluding tert-OH is 2. The number of aliphatic hydroxyl groups is 2. The first kappa shape index (κ1) is 19.0. The molecule has 0 spiro atoms. The monoisotopic (exact) mass is 361 g/mol. The number of hydrogen-bond acceptors (Lipinski definition) is 3. The fourth-order valence-electron chi connectivity index (χ4n) is 7.84. The van der Waals surface area contributed by atoms with Crippen LogP contribution in [0, 0.1) is 34.5 Å². The molecule has 3 nitrogen and oxygen atoms in total. The minimum absolute atomic E-state index is 0.221. The zero-order valence-electron chi connectivity index (χ0n) is 17.4. The fraction of sp³-hybridized carbons (Fsp3) is 0.913. The molecule has 148 valence electrons. The summed E-state index contributed by atoms with van der Waals surface area (Å²) in [5.41, 5.74) is 2.26. The van der Waals surface area contributed by atoms with Gasteiger partial charge in [0.15, 0.2) is 0 Å². The van der Waals surface area contributed by atoms with Crippen LogP contribution in [-0.4, -0.2) is 47.5 Å². The van der Waals surface area contributed by atoms with Crippen molar-refractivity contribution >= 4 is 0 Å². The number of rotatable bonds is 2. The molecule has 0 bridgehead atoms. The van der Waals surface area contributed by atoms with E-state index in [-0.39, 0.29) is 5.41 Å². The van der Waals surface area contributed by atoms with Gasteiger partial charge in [0.2, 0.25) is 0 Å². The van der Waals surface area contributed by atoms with Gasteiger partial charge in [-0.05, 0) is 100 Å². The minimum Gasteiger partial charge on any atom is -0.390 e. The Labute approximate surface area is 159 Å². The second-order valence-electron chi connectivity index (χ2n) is 10.7. The van der Waals surface area contributed by atoms with E-state index < -0.39 is 12.2 Å². The Balaban J connectivity index is 1.60. The topological polar surface area (TPSA) is 43.7 Å². The summed E-state index contributed by atoms with van der Waals surface area (Å²) in [5.74, 6) is 2.59. The predicted molar refractivity (Wildman–Crippen MR) is 106 cm³/mol. The summed E-state index contributed by atoms with van der Waals surface area (Å²) < 4.78 is 0. The van der Waals surface area contributed by atoms with Gasteiger partial charge in [-0.1, -0.05) is 25.5 Å². The van der Waals surface area contributed by atoms with Crippen LogP contribution in [0.15, 0.2) is 11.6 Å². The van der Waals surface area contributed by atoms with Gasteiger partial charge in [0.05, 0.1) is 12.2 Å². The molecule has 0 aromatic heterocycles. The first-order valence-electron chi connectivity index (χ1n) is 10.9. The molecule has 4 aliphatic rings. The third kappa shape index (κ3) is 2.49. The van der Waals surface area contributed by atoms with Crippen molar-refractivity contribution in [3.63, 3.8) is 0 Å². The summed E-state index contributed by atoms with van der Waals surface area (Å²) in [4.78, 5) is 2.36. The van der Waals surface area contributed by atoms with Crippen LogP contribution in [-0.2, 0) is 0 Å². The van der Waals surface area contributed by atoms with Crippen LogP contribution in [0.2, 0.25) is 0 Å². The van der Waals surface area contributed by atoms with E-state index in [0.717, 1.165) is 37.0 Å². The SMILES string of the molecule is CC(C1=CCC2C3CCC4C(O)C(O)CCC4(C)C3CCC12C)N(C)C. The largest absolute Gasteiger partial charge is 0.390 e. The van der Waals surface area contributed by atoms with Crippen molar-refractivity contribution in [3.05, 3.63) is 11.6 Å². The second-order valence-corrected chi connectivity index (χ2v) is 10.7. The predicted octanol–water partition coefficient (Wildman–Crippen LogP) is 3.85. The molecule has 0 aromatic rings. The van der Waals surface area contributed by atoms with Gasteiger partial charge < -0.3 is 15.1 Å². The molecule has 4 aliphatic carbocycles. The maximum Gasteiger partial charge on any atom is 0.0832 e. The van der Waals surface area contributed by atoms with Gasteiger partial charge >= 0.3 is 0 Å². The maximum atomic E-state index is 10.7. The molecule has 4 rings (SSSR count). The normalized spacial score (nSPS) is 52.1. The van der Waals surface area contributed by atoms with Gasteiger partial charge in [-0.3, -0.25) is 0 Å². The zero-order valence-corrected chi connectivity index (χ0v) is 17.4. The maximum absolute atomic E-state index is 10.7. The van der Waals surface area contributed by atoms with Crippen LogP contribution in [0.4, 0.5) is 0 Å². The van der Waals surface area contributed by atoms with E-state index in [1.807, 2.05) is 0 Å². The lowest BCUT2D eigenvalue weighted by Crippen LogP contribution is -2.58. The summed E-state index contributed by atoms with van der Waals surface area (Å²) >= 11 is 0. The summed E-state index contributed by atoms with van der Waals surface area (Å²) in [7, 11) is 4.41. The fourth-order valence-corrected chi connectivity index (χ4v) is 7.84. The van der Waals surface area contributed by atoms with E-state index >= 15 is 0 Å². The summed E-state index contributed by atoms with van der Waals surface area (Å²) in [6, 6.07) is 0.528. The molecule has 9 unspecified atom stereocenters. The first-order valence-corrected chi connectivity index (χ1v) is 10.9. The van der Waals surface area contributed by atoms with Gasteiger partial charge in [-0.25, -0.2) is 0 Å². The van der Waals surface area contributed by atoms with Crippen LogP contribution in [0.1, 0.15) is 65.7 Å². The van der Waals surface area contributed by atoms with Crippen molar-refractivity contribution in [2.45, 2.75) is 84.0 Å². The van der Waals surface area contributed by atoms with Crippen molar-refractivity contribution in [2.75, 3.05) is 14.1 Å². The van der Waals surface area contributed by atoms with Crippen LogP contribution in [0.5, 0.6) is 0 Å². The molecule has 0 aromatic carbocycles. The lowest BCUT2D eigenvalue weighted by atomic mass is 9.44. The lowest BCUT2D eigenvalue weighted by molar-refractivity contribution is -0.170. The number of fused-ring (bicyclic) bond motifs is 5. The van der Waals surface area contributed by atoms with Crippen molar-refractivity contribution in [3.8, 4) is 0 Å². The van der Waals surface area contributed by atoms with Gasteiger partial charge in [-0.15, -0.1) is 0 Å². The molecular formula is C23H39NO2. The Morgan fingerprint density at radius 3 is 2.42 bits per heavy atom. The molecule has 0 radical (unpaired) electrons. The molecule has 3 heteroatoms. The molecule has 26 heavy (non-hydrogen) atoms. The van der Waals surface area contributed by atoms with E-state index in [4.69, 9.17) is 0 Å². The number of allylic oxidation sites excluding steroid dienone is 1. The quantitative estimate of drug-likeness (QED) is 0.734. The van der Waals surface area contributed by atoms with Crippen molar-refractivity contribution in [2.24, 2.45) is 34.5 Å². The Morgan fingerprint density at radius 1 is 1.00 bits per heavy atom. The Kier molecular flexibility index (Phi) is 4.61. The minimum atomic E-state index is -0.506. The van der Waals surface area contributed by atoms with E-state index in [1.54, 1.807) is 5.57 Å². The third-order valence-electron chi connectivity index (χ3n) is 9.59. The number of likely N-dealkylation sites (N-methyl/N-ethyl adjacent to an activating group) is 1. The van der Waals surface area contributed by atoms with E-state index in [1.165, 1.54) is 25.7 Å². The smallest absolute Gasteiger partial charge is 0.0832 e. The Hall–Kier alpha value is -0.380. The van der Waals surface area contributed by atoms with Crippen molar-refractivity contribution < 1.29 is 10.2 Å². The summed E-state index contributed by atoms with van der Waals surface area (Å²) in [5, 5.41) is 20.9. The van der Waals surface area contributed by atoms with Crippen LogP contribution < -0.4 is 0 Å². The molecular weight excluding hydrogens is 322 g/mol. The van der Waals surface area contributed by atoms with E-state index in [9.17, 15) is 10.2 Å². The average Bonchev–Trinajstić information content (AvgIpc) is 2.95. The molecule has 0 saturated heterocycles. The molecule has 9 atom stereocenters.